The van der Waals surface area contributed by atoms with Crippen LogP contribution in [0.3, 0.4) is 0 Å². The Kier molecular flexibility index (Phi) is 5.30. The maximum absolute atomic E-state index is 4.50. The molecule has 0 amide bonds. The van der Waals surface area contributed by atoms with Gasteiger partial charge in [-0.1, -0.05) is 30.0 Å². The van der Waals surface area contributed by atoms with Crippen LogP contribution in [0.5, 0.6) is 0 Å². The molecule has 1 aromatic carbocycles. The number of anilines is 1. The molecule has 0 spiro atoms. The third kappa shape index (κ3) is 3.99. The van der Waals surface area contributed by atoms with Crippen LogP contribution in [-0.2, 0) is 0 Å². The van der Waals surface area contributed by atoms with Crippen LogP contribution in [0.2, 0.25) is 0 Å². The standard InChI is InChI=1S/C18H18IN3/c19-17-9-4-10-20-18(17)22-14-12-21(13-15-22)11-5-8-16-6-2-1-3-7-16/h1-4,6-7,9-10H,11-15H2. The van der Waals surface area contributed by atoms with E-state index < -0.39 is 0 Å². The Bertz CT molecular complexity index is 667. The summed E-state index contributed by atoms with van der Waals surface area (Å²) in [6.07, 6.45) is 1.87. The molecular weight excluding hydrogens is 385 g/mol. The Morgan fingerprint density at radius 2 is 1.77 bits per heavy atom. The molecule has 0 radical (unpaired) electrons. The monoisotopic (exact) mass is 403 g/mol. The zero-order valence-corrected chi connectivity index (χ0v) is 14.5. The van der Waals surface area contributed by atoms with Crippen molar-refractivity contribution in [3.63, 3.8) is 0 Å². The van der Waals surface area contributed by atoms with E-state index in [9.17, 15) is 0 Å². The zero-order valence-electron chi connectivity index (χ0n) is 12.4. The van der Waals surface area contributed by atoms with Crippen LogP contribution >= 0.6 is 22.6 Å². The van der Waals surface area contributed by atoms with E-state index in [1.54, 1.807) is 0 Å². The molecule has 112 valence electrons. The summed E-state index contributed by atoms with van der Waals surface area (Å²) in [6.45, 7) is 4.94. The van der Waals surface area contributed by atoms with Gasteiger partial charge < -0.3 is 4.90 Å². The van der Waals surface area contributed by atoms with Crippen LogP contribution in [0.25, 0.3) is 0 Å². The Morgan fingerprint density at radius 3 is 2.50 bits per heavy atom. The molecule has 0 aliphatic carbocycles. The fourth-order valence-corrected chi connectivity index (χ4v) is 3.19. The molecular formula is C18H18IN3. The molecule has 1 saturated heterocycles. The van der Waals surface area contributed by atoms with Gasteiger partial charge in [-0.15, -0.1) is 0 Å². The van der Waals surface area contributed by atoms with E-state index >= 15 is 0 Å². The number of halogens is 1. The predicted molar refractivity (Wildman–Crippen MR) is 98.9 cm³/mol. The van der Waals surface area contributed by atoms with Crippen molar-refractivity contribution in [3.8, 4) is 11.8 Å². The first-order valence-electron chi connectivity index (χ1n) is 7.45. The van der Waals surface area contributed by atoms with Gasteiger partial charge in [0.05, 0.1) is 10.1 Å². The molecule has 1 aliphatic heterocycles. The van der Waals surface area contributed by atoms with Crippen molar-refractivity contribution in [1.29, 1.82) is 0 Å². The van der Waals surface area contributed by atoms with Crippen LogP contribution in [0, 0.1) is 15.4 Å². The highest BCUT2D eigenvalue weighted by Gasteiger charge is 2.18. The van der Waals surface area contributed by atoms with Crippen LogP contribution in [-0.4, -0.2) is 42.6 Å². The predicted octanol–water partition coefficient (Wildman–Crippen LogP) is 2.86. The quantitative estimate of drug-likeness (QED) is 0.568. The Hall–Kier alpha value is -1.58. The SMILES string of the molecule is Ic1cccnc1N1CCN(CC#Cc2ccccc2)CC1. The van der Waals surface area contributed by atoms with Crippen molar-refractivity contribution in [2.75, 3.05) is 37.6 Å². The van der Waals surface area contributed by atoms with Crippen LogP contribution in [0.1, 0.15) is 5.56 Å². The molecule has 2 aromatic rings. The molecule has 0 bridgehead atoms. The van der Waals surface area contributed by atoms with Gasteiger partial charge in [-0.2, -0.15) is 0 Å². The lowest BCUT2D eigenvalue weighted by Gasteiger charge is -2.34. The van der Waals surface area contributed by atoms with Gasteiger partial charge in [0, 0.05) is 37.9 Å². The number of nitrogens with zero attached hydrogens (tertiary/aromatic N) is 3. The second-order valence-corrected chi connectivity index (χ2v) is 6.40. The first kappa shape index (κ1) is 15.3. The number of hydrogen-bond donors (Lipinski definition) is 0. The third-order valence-electron chi connectivity index (χ3n) is 3.72. The molecule has 0 N–H and O–H groups in total. The van der Waals surface area contributed by atoms with Gasteiger partial charge >= 0.3 is 0 Å². The summed E-state index contributed by atoms with van der Waals surface area (Å²) < 4.78 is 1.22. The van der Waals surface area contributed by atoms with Gasteiger partial charge in [0.1, 0.15) is 5.82 Å². The van der Waals surface area contributed by atoms with Crippen molar-refractivity contribution < 1.29 is 0 Å². The molecule has 22 heavy (non-hydrogen) atoms. The van der Waals surface area contributed by atoms with Gasteiger partial charge in [0.15, 0.2) is 0 Å². The Labute approximate surface area is 145 Å². The number of hydrogen-bond acceptors (Lipinski definition) is 3. The second kappa shape index (κ2) is 7.61. The topological polar surface area (TPSA) is 19.4 Å². The molecule has 2 heterocycles. The highest BCUT2D eigenvalue weighted by Crippen LogP contribution is 2.20. The average Bonchev–Trinajstić information content (AvgIpc) is 2.57. The van der Waals surface area contributed by atoms with Crippen LogP contribution < -0.4 is 4.90 Å². The highest BCUT2D eigenvalue weighted by atomic mass is 127. The van der Waals surface area contributed by atoms with E-state index in [0.717, 1.165) is 44.1 Å². The van der Waals surface area contributed by atoms with Gasteiger partial charge in [-0.3, -0.25) is 4.90 Å². The van der Waals surface area contributed by atoms with E-state index in [1.165, 1.54) is 3.57 Å². The maximum Gasteiger partial charge on any atom is 0.142 e. The average molecular weight is 403 g/mol. The lowest BCUT2D eigenvalue weighted by atomic mass is 10.2. The zero-order chi connectivity index (χ0) is 15.2. The van der Waals surface area contributed by atoms with Crippen molar-refractivity contribution in [2.24, 2.45) is 0 Å². The molecule has 1 fully saturated rings. The smallest absolute Gasteiger partial charge is 0.142 e. The maximum atomic E-state index is 4.50. The minimum absolute atomic E-state index is 0.835. The molecule has 1 aliphatic rings. The summed E-state index contributed by atoms with van der Waals surface area (Å²) in [4.78, 5) is 9.27. The normalized spacial score (nSPS) is 15.2. The van der Waals surface area contributed by atoms with Crippen molar-refractivity contribution in [1.82, 2.24) is 9.88 Å². The van der Waals surface area contributed by atoms with E-state index in [4.69, 9.17) is 0 Å². The first-order chi connectivity index (χ1) is 10.8. The summed E-state index contributed by atoms with van der Waals surface area (Å²) in [5.74, 6) is 7.61. The summed E-state index contributed by atoms with van der Waals surface area (Å²) in [7, 11) is 0. The minimum Gasteiger partial charge on any atom is -0.353 e. The van der Waals surface area contributed by atoms with E-state index in [-0.39, 0.29) is 0 Å². The molecule has 0 unspecified atom stereocenters. The summed E-state index contributed by atoms with van der Waals surface area (Å²) in [6, 6.07) is 14.3. The lowest BCUT2D eigenvalue weighted by molar-refractivity contribution is 0.287. The number of benzene rings is 1. The molecule has 3 nitrogen and oxygen atoms in total. The highest BCUT2D eigenvalue weighted by molar-refractivity contribution is 14.1. The van der Waals surface area contributed by atoms with Gasteiger partial charge in [-0.05, 0) is 46.9 Å². The Balaban J connectivity index is 1.52. The molecule has 1 aromatic heterocycles. The second-order valence-electron chi connectivity index (χ2n) is 5.24. The first-order valence-corrected chi connectivity index (χ1v) is 8.52. The largest absolute Gasteiger partial charge is 0.353 e. The minimum atomic E-state index is 0.835. The molecule has 4 heteroatoms. The molecule has 3 rings (SSSR count). The van der Waals surface area contributed by atoms with Gasteiger partial charge in [-0.25, -0.2) is 4.98 Å². The Morgan fingerprint density at radius 1 is 1.00 bits per heavy atom. The van der Waals surface area contributed by atoms with Crippen LogP contribution in [0.15, 0.2) is 48.7 Å². The van der Waals surface area contributed by atoms with Gasteiger partial charge in [0.2, 0.25) is 0 Å². The number of aromatic nitrogens is 1. The fraction of sp³-hybridized carbons (Fsp3) is 0.278. The fourth-order valence-electron chi connectivity index (χ4n) is 2.50. The molecule has 0 saturated carbocycles. The molecule has 0 atom stereocenters. The van der Waals surface area contributed by atoms with Crippen LogP contribution in [0.4, 0.5) is 5.82 Å². The van der Waals surface area contributed by atoms with E-state index in [2.05, 4.69) is 55.3 Å². The van der Waals surface area contributed by atoms with Crippen molar-refractivity contribution >= 4 is 28.4 Å². The third-order valence-corrected chi connectivity index (χ3v) is 4.56. The summed E-state index contributed by atoms with van der Waals surface area (Å²) in [5.41, 5.74) is 1.09. The number of pyridine rings is 1. The number of piperazine rings is 1. The van der Waals surface area contributed by atoms with E-state index in [1.807, 2.05) is 42.6 Å². The van der Waals surface area contributed by atoms with E-state index in [0.29, 0.717) is 0 Å². The van der Waals surface area contributed by atoms with Crippen molar-refractivity contribution in [3.05, 3.63) is 57.8 Å². The summed E-state index contributed by atoms with van der Waals surface area (Å²) in [5, 5.41) is 0. The lowest BCUT2D eigenvalue weighted by Crippen LogP contribution is -2.47. The van der Waals surface area contributed by atoms with Crippen molar-refractivity contribution in [2.45, 2.75) is 0 Å². The van der Waals surface area contributed by atoms with Gasteiger partial charge in [0.25, 0.3) is 0 Å². The summed E-state index contributed by atoms with van der Waals surface area (Å²) >= 11 is 2.36. The number of rotatable bonds is 2.